The molecule has 0 bridgehead atoms. The van der Waals surface area contributed by atoms with E-state index in [2.05, 4.69) is 66.4 Å². The van der Waals surface area contributed by atoms with Gasteiger partial charge in [-0.15, -0.1) is 10.2 Å². The van der Waals surface area contributed by atoms with Crippen LogP contribution in [-0.2, 0) is 6.54 Å². The topological polar surface area (TPSA) is 96.7 Å². The molecule has 0 amide bonds. The summed E-state index contributed by atoms with van der Waals surface area (Å²) in [6.45, 7) is 4.70. The summed E-state index contributed by atoms with van der Waals surface area (Å²) in [5.41, 5.74) is 7.18. The molecular formula is C22H20N8. The summed E-state index contributed by atoms with van der Waals surface area (Å²) in [6, 6.07) is 18.5. The van der Waals surface area contributed by atoms with Crippen LogP contribution in [0.3, 0.4) is 0 Å². The Balaban J connectivity index is 1.39. The molecule has 0 radical (unpaired) electrons. The number of tetrazole rings is 1. The van der Waals surface area contributed by atoms with Crippen molar-refractivity contribution in [1.82, 2.24) is 35.2 Å². The molecule has 0 saturated carbocycles. The summed E-state index contributed by atoms with van der Waals surface area (Å²) in [4.78, 5) is 4.57. The number of rotatable bonds is 5. The maximum absolute atomic E-state index is 4.57. The molecule has 0 saturated heterocycles. The van der Waals surface area contributed by atoms with Crippen molar-refractivity contribution < 1.29 is 0 Å². The molecule has 148 valence electrons. The van der Waals surface area contributed by atoms with Crippen molar-refractivity contribution in [1.29, 1.82) is 0 Å². The quantitative estimate of drug-likeness (QED) is 0.469. The highest BCUT2D eigenvalue weighted by atomic mass is 15.5. The van der Waals surface area contributed by atoms with Gasteiger partial charge in [-0.1, -0.05) is 48.5 Å². The SMILES string of the molecule is Cc1cc(NCc2ccc(-c3ccccc3-c3nn[nH]n3)cc2)n2ncc(C)c2n1. The van der Waals surface area contributed by atoms with E-state index in [4.69, 9.17) is 0 Å². The number of aromatic amines is 1. The number of hydrogen-bond donors (Lipinski definition) is 2. The van der Waals surface area contributed by atoms with Crippen LogP contribution in [0.4, 0.5) is 5.82 Å². The smallest absolute Gasteiger partial charge is 0.205 e. The van der Waals surface area contributed by atoms with Crippen molar-refractivity contribution in [2.75, 3.05) is 5.32 Å². The number of fused-ring (bicyclic) bond motifs is 1. The van der Waals surface area contributed by atoms with Crippen molar-refractivity contribution in [2.24, 2.45) is 0 Å². The van der Waals surface area contributed by atoms with E-state index in [1.165, 1.54) is 5.56 Å². The Morgan fingerprint density at radius 1 is 1.00 bits per heavy atom. The number of H-pyrrole nitrogens is 1. The Kier molecular flexibility index (Phi) is 4.44. The molecule has 3 heterocycles. The maximum atomic E-state index is 4.57. The third-order valence-electron chi connectivity index (χ3n) is 5.03. The molecule has 0 aliphatic heterocycles. The number of nitrogens with one attached hydrogen (secondary N) is 2. The highest BCUT2D eigenvalue weighted by Crippen LogP contribution is 2.29. The molecule has 30 heavy (non-hydrogen) atoms. The van der Waals surface area contributed by atoms with E-state index in [-0.39, 0.29) is 0 Å². The van der Waals surface area contributed by atoms with E-state index in [1.807, 2.05) is 48.8 Å². The van der Waals surface area contributed by atoms with Gasteiger partial charge in [-0.3, -0.25) is 0 Å². The van der Waals surface area contributed by atoms with Crippen molar-refractivity contribution in [3.8, 4) is 22.5 Å². The van der Waals surface area contributed by atoms with Gasteiger partial charge < -0.3 is 5.32 Å². The highest BCUT2D eigenvalue weighted by molar-refractivity contribution is 5.80. The van der Waals surface area contributed by atoms with Gasteiger partial charge >= 0.3 is 0 Å². The van der Waals surface area contributed by atoms with Crippen LogP contribution in [0.15, 0.2) is 60.8 Å². The predicted molar refractivity (Wildman–Crippen MR) is 115 cm³/mol. The van der Waals surface area contributed by atoms with Gasteiger partial charge in [0.25, 0.3) is 0 Å². The normalized spacial score (nSPS) is 11.1. The molecule has 0 aliphatic carbocycles. The molecule has 0 spiro atoms. The minimum atomic E-state index is 0.586. The lowest BCUT2D eigenvalue weighted by Gasteiger charge is -2.11. The fourth-order valence-corrected chi connectivity index (χ4v) is 3.52. The maximum Gasteiger partial charge on any atom is 0.205 e. The van der Waals surface area contributed by atoms with Gasteiger partial charge in [0.05, 0.1) is 6.20 Å². The van der Waals surface area contributed by atoms with Gasteiger partial charge in [0.15, 0.2) is 5.65 Å². The lowest BCUT2D eigenvalue weighted by atomic mass is 9.98. The van der Waals surface area contributed by atoms with Crippen LogP contribution in [-0.4, -0.2) is 35.2 Å². The van der Waals surface area contributed by atoms with Crippen LogP contribution in [0.5, 0.6) is 0 Å². The number of nitrogens with zero attached hydrogens (tertiary/aromatic N) is 6. The number of benzene rings is 2. The van der Waals surface area contributed by atoms with Gasteiger partial charge in [-0.25, -0.2) is 4.98 Å². The molecule has 0 unspecified atom stereocenters. The lowest BCUT2D eigenvalue weighted by molar-refractivity contribution is 0.881. The molecule has 0 atom stereocenters. The van der Waals surface area contributed by atoms with Gasteiger partial charge in [0.2, 0.25) is 5.82 Å². The molecule has 3 aromatic heterocycles. The van der Waals surface area contributed by atoms with E-state index in [0.717, 1.165) is 39.4 Å². The van der Waals surface area contributed by atoms with Crippen LogP contribution >= 0.6 is 0 Å². The second kappa shape index (κ2) is 7.40. The van der Waals surface area contributed by atoms with E-state index in [0.29, 0.717) is 12.4 Å². The first-order chi connectivity index (χ1) is 14.7. The molecule has 8 heteroatoms. The molecule has 0 fully saturated rings. The van der Waals surface area contributed by atoms with Gasteiger partial charge in [0.1, 0.15) is 5.82 Å². The molecule has 5 rings (SSSR count). The summed E-state index contributed by atoms with van der Waals surface area (Å²) < 4.78 is 1.85. The summed E-state index contributed by atoms with van der Waals surface area (Å²) in [5, 5.41) is 22.3. The first-order valence-electron chi connectivity index (χ1n) is 9.67. The fourth-order valence-electron chi connectivity index (χ4n) is 3.52. The predicted octanol–water partition coefficient (Wildman–Crippen LogP) is 3.81. The van der Waals surface area contributed by atoms with E-state index in [1.54, 1.807) is 0 Å². The molecule has 5 aromatic rings. The minimum Gasteiger partial charge on any atom is -0.366 e. The molecule has 2 N–H and O–H groups in total. The van der Waals surface area contributed by atoms with E-state index >= 15 is 0 Å². The number of hydrogen-bond acceptors (Lipinski definition) is 6. The van der Waals surface area contributed by atoms with Gasteiger partial charge in [-0.2, -0.15) is 14.8 Å². The zero-order valence-electron chi connectivity index (χ0n) is 16.7. The minimum absolute atomic E-state index is 0.586. The zero-order valence-corrected chi connectivity index (χ0v) is 16.7. The average Bonchev–Trinajstić information content (AvgIpc) is 3.43. The van der Waals surface area contributed by atoms with Crippen molar-refractivity contribution in [3.63, 3.8) is 0 Å². The highest BCUT2D eigenvalue weighted by Gasteiger charge is 2.11. The standard InChI is InChI=1S/C22H20N8/c1-14-12-24-30-20(11-15(2)25-22(14)30)23-13-16-7-9-17(10-8-16)18-5-3-4-6-19(18)21-26-28-29-27-21/h3-12,23H,13H2,1-2H3,(H,26,27,28,29). The Morgan fingerprint density at radius 2 is 1.80 bits per heavy atom. The third kappa shape index (κ3) is 3.28. The first kappa shape index (κ1) is 18.0. The van der Waals surface area contributed by atoms with Gasteiger partial charge in [0, 0.05) is 29.4 Å². The Bertz CT molecular complexity index is 1300. The summed E-state index contributed by atoms with van der Waals surface area (Å²) in [7, 11) is 0. The number of aryl methyl sites for hydroxylation is 2. The summed E-state index contributed by atoms with van der Waals surface area (Å²) >= 11 is 0. The monoisotopic (exact) mass is 396 g/mol. The molecule has 8 nitrogen and oxygen atoms in total. The largest absolute Gasteiger partial charge is 0.366 e. The third-order valence-corrected chi connectivity index (χ3v) is 5.03. The lowest BCUT2D eigenvalue weighted by Crippen LogP contribution is -2.06. The Morgan fingerprint density at radius 3 is 2.57 bits per heavy atom. The zero-order chi connectivity index (χ0) is 20.5. The van der Waals surface area contributed by atoms with Crippen LogP contribution in [0.25, 0.3) is 28.2 Å². The van der Waals surface area contributed by atoms with Crippen LogP contribution < -0.4 is 5.32 Å². The van der Waals surface area contributed by atoms with E-state index in [9.17, 15) is 0 Å². The van der Waals surface area contributed by atoms with Gasteiger partial charge in [-0.05, 0) is 35.8 Å². The van der Waals surface area contributed by atoms with Crippen LogP contribution in [0, 0.1) is 13.8 Å². The second-order valence-corrected chi connectivity index (χ2v) is 7.18. The number of aromatic nitrogens is 7. The Labute approximate surface area is 173 Å². The molecule has 2 aromatic carbocycles. The van der Waals surface area contributed by atoms with E-state index < -0.39 is 0 Å². The fraction of sp³-hybridized carbons (Fsp3) is 0.136. The molecular weight excluding hydrogens is 376 g/mol. The Hall–Kier alpha value is -4.07. The summed E-state index contributed by atoms with van der Waals surface area (Å²) in [6.07, 6.45) is 1.84. The number of anilines is 1. The van der Waals surface area contributed by atoms with Crippen molar-refractivity contribution in [2.45, 2.75) is 20.4 Å². The van der Waals surface area contributed by atoms with Crippen LogP contribution in [0.2, 0.25) is 0 Å². The average molecular weight is 396 g/mol. The van der Waals surface area contributed by atoms with Crippen LogP contribution in [0.1, 0.15) is 16.8 Å². The van der Waals surface area contributed by atoms with Crippen molar-refractivity contribution in [3.05, 3.63) is 77.6 Å². The molecule has 0 aliphatic rings. The second-order valence-electron chi connectivity index (χ2n) is 7.18. The first-order valence-corrected chi connectivity index (χ1v) is 9.67. The van der Waals surface area contributed by atoms with Crippen molar-refractivity contribution >= 4 is 11.5 Å². The summed E-state index contributed by atoms with van der Waals surface area (Å²) in [5.74, 6) is 1.51.